The molecule has 2 aromatic heterocycles. The number of halogens is 1. The van der Waals surface area contributed by atoms with Gasteiger partial charge in [0.15, 0.2) is 33.3 Å². The summed E-state index contributed by atoms with van der Waals surface area (Å²) in [7, 11) is -1.14. The van der Waals surface area contributed by atoms with Crippen molar-refractivity contribution in [3.63, 3.8) is 0 Å². The number of hydrogen-bond acceptors (Lipinski definition) is 8. The van der Waals surface area contributed by atoms with E-state index >= 15 is 0 Å². The number of nitrogens with zero attached hydrogens (tertiary/aromatic N) is 3. The third kappa shape index (κ3) is 5.92. The lowest BCUT2D eigenvalue weighted by Gasteiger charge is -2.16. The van der Waals surface area contributed by atoms with Gasteiger partial charge in [0.2, 0.25) is 5.75 Å². The van der Waals surface area contributed by atoms with Crippen molar-refractivity contribution in [3.8, 4) is 34.4 Å². The first-order valence-corrected chi connectivity index (χ1v) is 13.1. The van der Waals surface area contributed by atoms with Gasteiger partial charge < -0.3 is 14.2 Å². The number of para-hydroxylation sites is 2. The Hall–Kier alpha value is -3.89. The zero-order valence-corrected chi connectivity index (χ0v) is 22.2. The van der Waals surface area contributed by atoms with Gasteiger partial charge in [-0.05, 0) is 41.8 Å². The highest BCUT2D eigenvalue weighted by Crippen LogP contribution is 2.40. The van der Waals surface area contributed by atoms with Crippen molar-refractivity contribution in [1.29, 1.82) is 0 Å². The Morgan fingerprint density at radius 3 is 2.32 bits per heavy atom. The molecule has 0 saturated carbocycles. The van der Waals surface area contributed by atoms with Crippen LogP contribution in [0.2, 0.25) is 5.15 Å². The van der Waals surface area contributed by atoms with Crippen molar-refractivity contribution in [2.75, 3.05) is 18.9 Å². The maximum atomic E-state index is 13.3. The van der Waals surface area contributed by atoms with E-state index in [1.807, 2.05) is 13.8 Å². The number of anilines is 1. The van der Waals surface area contributed by atoms with E-state index in [0.717, 1.165) is 5.56 Å². The molecule has 0 amide bonds. The van der Waals surface area contributed by atoms with E-state index in [1.54, 1.807) is 54.6 Å². The van der Waals surface area contributed by atoms with E-state index in [1.165, 1.54) is 26.5 Å². The van der Waals surface area contributed by atoms with Crippen LogP contribution in [0.3, 0.4) is 0 Å². The fourth-order valence-corrected chi connectivity index (χ4v) is 4.50. The van der Waals surface area contributed by atoms with E-state index in [2.05, 4.69) is 19.7 Å². The molecule has 0 aliphatic heterocycles. The van der Waals surface area contributed by atoms with Crippen LogP contribution in [-0.2, 0) is 10.0 Å². The van der Waals surface area contributed by atoms with Gasteiger partial charge in [-0.3, -0.25) is 4.72 Å². The minimum Gasteiger partial charge on any atom is -0.497 e. The monoisotopic (exact) mass is 540 g/mol. The minimum absolute atomic E-state index is 0.0970. The van der Waals surface area contributed by atoms with E-state index in [-0.39, 0.29) is 33.5 Å². The molecule has 0 bridgehead atoms. The Morgan fingerprint density at radius 2 is 1.68 bits per heavy atom. The molecule has 2 aromatic carbocycles. The first-order chi connectivity index (χ1) is 17.7. The van der Waals surface area contributed by atoms with Gasteiger partial charge in [0.25, 0.3) is 10.0 Å². The maximum Gasteiger partial charge on any atom is 0.280 e. The van der Waals surface area contributed by atoms with Gasteiger partial charge in [0.1, 0.15) is 5.75 Å². The Bertz CT molecular complexity index is 1510. The second-order valence-corrected chi connectivity index (χ2v) is 10.2. The molecule has 0 spiro atoms. The lowest BCUT2D eigenvalue weighted by Crippen LogP contribution is -2.17. The lowest BCUT2D eigenvalue weighted by atomic mass is 10.1. The molecule has 0 aliphatic rings. The van der Waals surface area contributed by atoms with Crippen LogP contribution in [0, 0.1) is 0 Å². The molecule has 11 heteroatoms. The van der Waals surface area contributed by atoms with Crippen LogP contribution in [0.5, 0.6) is 23.0 Å². The highest BCUT2D eigenvalue weighted by molar-refractivity contribution is 7.92. The summed E-state index contributed by atoms with van der Waals surface area (Å²) in [6.45, 7) is 3.99. The SMILES string of the molecule is COc1cccc(-c2nc(Cl)c(Oc3ccccc3OC)c(NS(=O)(=O)c3ccc(C(C)C)cn3)n2)c1. The van der Waals surface area contributed by atoms with Crippen molar-refractivity contribution in [2.45, 2.75) is 24.8 Å². The Balaban J connectivity index is 1.81. The Labute approximate surface area is 220 Å². The van der Waals surface area contributed by atoms with E-state index in [0.29, 0.717) is 22.8 Å². The van der Waals surface area contributed by atoms with Crippen LogP contribution in [-0.4, -0.2) is 37.6 Å². The number of rotatable bonds is 9. The average Bonchev–Trinajstić information content (AvgIpc) is 2.90. The van der Waals surface area contributed by atoms with Crippen molar-refractivity contribution in [3.05, 3.63) is 77.6 Å². The smallest absolute Gasteiger partial charge is 0.280 e. The number of benzene rings is 2. The highest BCUT2D eigenvalue weighted by atomic mass is 35.5. The summed E-state index contributed by atoms with van der Waals surface area (Å²) in [6.07, 6.45) is 1.53. The molecule has 0 fully saturated rings. The van der Waals surface area contributed by atoms with Gasteiger partial charge in [-0.2, -0.15) is 8.42 Å². The molecule has 4 aromatic rings. The summed E-state index contributed by atoms with van der Waals surface area (Å²) >= 11 is 6.54. The normalized spacial score (nSPS) is 11.3. The van der Waals surface area contributed by atoms with E-state index < -0.39 is 10.0 Å². The van der Waals surface area contributed by atoms with Crippen LogP contribution in [0.15, 0.2) is 71.9 Å². The minimum atomic E-state index is -4.16. The third-order valence-corrected chi connectivity index (χ3v) is 6.88. The fourth-order valence-electron chi connectivity index (χ4n) is 3.36. The van der Waals surface area contributed by atoms with Gasteiger partial charge in [0, 0.05) is 11.8 Å². The molecule has 0 atom stereocenters. The number of nitrogens with one attached hydrogen (secondary N) is 1. The first kappa shape index (κ1) is 26.2. The zero-order valence-electron chi connectivity index (χ0n) is 20.6. The van der Waals surface area contributed by atoms with Gasteiger partial charge in [-0.15, -0.1) is 0 Å². The number of aromatic nitrogens is 3. The molecule has 9 nitrogen and oxygen atoms in total. The van der Waals surface area contributed by atoms with Crippen LogP contribution in [0.1, 0.15) is 25.3 Å². The standard InChI is InChI=1S/C26H25ClN4O5S/c1-16(2)18-12-13-22(28-15-18)37(32,33)31-26-23(36-21-11-6-5-10-20(21)35-4)24(27)29-25(30-26)17-8-7-9-19(14-17)34-3/h5-16H,1-4H3,(H,29,30,31). The molecular formula is C26H25ClN4O5S. The van der Waals surface area contributed by atoms with Crippen molar-refractivity contribution >= 4 is 27.4 Å². The first-order valence-electron chi connectivity index (χ1n) is 11.2. The predicted octanol–water partition coefficient (Wildman–Crippen LogP) is 5.93. The molecular weight excluding hydrogens is 516 g/mol. The van der Waals surface area contributed by atoms with Crippen molar-refractivity contribution in [1.82, 2.24) is 15.0 Å². The summed E-state index contributed by atoms with van der Waals surface area (Å²) in [5.41, 5.74) is 1.47. The molecule has 0 unspecified atom stereocenters. The van der Waals surface area contributed by atoms with Crippen LogP contribution < -0.4 is 18.9 Å². The topological polar surface area (TPSA) is 113 Å². The summed E-state index contributed by atoms with van der Waals surface area (Å²) in [6, 6.07) is 17.0. The lowest BCUT2D eigenvalue weighted by molar-refractivity contribution is 0.378. The third-order valence-electron chi connectivity index (χ3n) is 5.37. The van der Waals surface area contributed by atoms with Gasteiger partial charge in [-0.25, -0.2) is 15.0 Å². The van der Waals surface area contributed by atoms with Gasteiger partial charge in [-0.1, -0.05) is 55.8 Å². The Kier molecular flexibility index (Phi) is 7.80. The highest BCUT2D eigenvalue weighted by Gasteiger charge is 2.24. The van der Waals surface area contributed by atoms with Crippen molar-refractivity contribution < 1.29 is 22.6 Å². The molecule has 37 heavy (non-hydrogen) atoms. The fraction of sp³-hybridized carbons (Fsp3) is 0.192. The maximum absolute atomic E-state index is 13.3. The van der Waals surface area contributed by atoms with Crippen LogP contribution in [0.25, 0.3) is 11.4 Å². The molecule has 1 N–H and O–H groups in total. The molecule has 2 heterocycles. The molecule has 0 aliphatic carbocycles. The number of sulfonamides is 1. The number of methoxy groups -OCH3 is 2. The number of pyridine rings is 1. The van der Waals surface area contributed by atoms with Crippen molar-refractivity contribution in [2.24, 2.45) is 0 Å². The largest absolute Gasteiger partial charge is 0.497 e. The molecule has 0 saturated heterocycles. The number of ether oxygens (including phenoxy) is 3. The summed E-state index contributed by atoms with van der Waals surface area (Å²) < 4.78 is 45.7. The van der Waals surface area contributed by atoms with Gasteiger partial charge in [0.05, 0.1) is 14.2 Å². The summed E-state index contributed by atoms with van der Waals surface area (Å²) in [5, 5.41) is -0.294. The van der Waals surface area contributed by atoms with Crippen LogP contribution in [0.4, 0.5) is 5.82 Å². The average molecular weight is 541 g/mol. The second-order valence-electron chi connectivity index (χ2n) is 8.19. The Morgan fingerprint density at radius 1 is 0.919 bits per heavy atom. The molecule has 0 radical (unpaired) electrons. The zero-order chi connectivity index (χ0) is 26.6. The summed E-state index contributed by atoms with van der Waals surface area (Å²) in [5.74, 6) is 1.38. The molecule has 4 rings (SSSR count). The second kappa shape index (κ2) is 11.0. The van der Waals surface area contributed by atoms with Gasteiger partial charge >= 0.3 is 0 Å². The van der Waals surface area contributed by atoms with Crippen LogP contribution >= 0.6 is 11.6 Å². The molecule has 192 valence electrons. The predicted molar refractivity (Wildman–Crippen MR) is 141 cm³/mol. The number of hydrogen-bond donors (Lipinski definition) is 1. The van der Waals surface area contributed by atoms with E-state index in [9.17, 15) is 8.42 Å². The quantitative estimate of drug-likeness (QED) is 0.260. The summed E-state index contributed by atoms with van der Waals surface area (Å²) in [4.78, 5) is 12.9. The van der Waals surface area contributed by atoms with E-state index in [4.69, 9.17) is 25.8 Å².